The summed E-state index contributed by atoms with van der Waals surface area (Å²) in [7, 11) is 3.14. The lowest BCUT2D eigenvalue weighted by atomic mass is 10.1. The molecule has 0 spiro atoms. The van der Waals surface area contributed by atoms with Gasteiger partial charge in [0.1, 0.15) is 11.5 Å². The summed E-state index contributed by atoms with van der Waals surface area (Å²) < 4.78 is 11.7. The molecule has 0 saturated carbocycles. The molecule has 1 saturated heterocycles. The summed E-state index contributed by atoms with van der Waals surface area (Å²) in [6, 6.07) is 13.5. The molecule has 1 amide bonds. The van der Waals surface area contributed by atoms with Crippen LogP contribution in [-0.4, -0.2) is 69.3 Å². The minimum atomic E-state index is -0.136. The maximum absolute atomic E-state index is 12.5. The van der Waals surface area contributed by atoms with Gasteiger partial charge in [0, 0.05) is 45.3 Å². The zero-order valence-corrected chi connectivity index (χ0v) is 18.1. The summed E-state index contributed by atoms with van der Waals surface area (Å²) in [6.07, 6.45) is 0. The van der Waals surface area contributed by atoms with Crippen LogP contribution in [0.25, 0.3) is 10.2 Å². The number of benzene rings is 2. The number of nitrogens with one attached hydrogen (secondary N) is 1. The second-order valence-electron chi connectivity index (χ2n) is 7.11. The molecule has 1 aliphatic heterocycles. The standard InChI is InChI=1S/C22H26N4O3S/c1-28-16-7-8-17(19(15-16)29-2)21(27)23-9-10-25-11-13-26(14-12-25)22-24-18-5-3-4-6-20(18)30-22/h3-8,15H,9-14H2,1-2H3,(H,23,27). The van der Waals surface area contributed by atoms with Gasteiger partial charge in [-0.3, -0.25) is 9.69 Å². The molecule has 1 N–H and O–H groups in total. The molecule has 3 aromatic rings. The number of carbonyl (C=O) groups excluding carboxylic acids is 1. The highest BCUT2D eigenvalue weighted by atomic mass is 32.1. The van der Waals surface area contributed by atoms with E-state index in [-0.39, 0.29) is 5.91 Å². The number of rotatable bonds is 7. The predicted octanol–water partition coefficient (Wildman–Crippen LogP) is 2.87. The van der Waals surface area contributed by atoms with Gasteiger partial charge in [-0.15, -0.1) is 0 Å². The summed E-state index contributed by atoms with van der Waals surface area (Å²) in [4.78, 5) is 22.0. The summed E-state index contributed by atoms with van der Waals surface area (Å²) in [6.45, 7) is 5.21. The fourth-order valence-corrected chi connectivity index (χ4v) is 4.58. The number of nitrogens with zero attached hydrogens (tertiary/aromatic N) is 3. The number of methoxy groups -OCH3 is 2. The maximum Gasteiger partial charge on any atom is 0.255 e. The van der Waals surface area contributed by atoms with E-state index in [9.17, 15) is 4.79 Å². The van der Waals surface area contributed by atoms with Crippen molar-refractivity contribution < 1.29 is 14.3 Å². The summed E-state index contributed by atoms with van der Waals surface area (Å²) in [5.74, 6) is 1.04. The monoisotopic (exact) mass is 426 g/mol. The Labute approximate surface area is 180 Å². The van der Waals surface area contributed by atoms with Crippen molar-refractivity contribution in [2.45, 2.75) is 0 Å². The van der Waals surface area contributed by atoms with Crippen LogP contribution in [0.2, 0.25) is 0 Å². The molecular weight excluding hydrogens is 400 g/mol. The van der Waals surface area contributed by atoms with Crippen molar-refractivity contribution in [2.24, 2.45) is 0 Å². The number of para-hydroxylation sites is 1. The number of carbonyl (C=O) groups is 1. The Morgan fingerprint density at radius 2 is 1.90 bits per heavy atom. The zero-order valence-electron chi connectivity index (χ0n) is 17.3. The first-order valence-corrected chi connectivity index (χ1v) is 10.8. The van der Waals surface area contributed by atoms with Gasteiger partial charge in [-0.25, -0.2) is 4.98 Å². The Morgan fingerprint density at radius 3 is 2.63 bits per heavy atom. The quantitative estimate of drug-likeness (QED) is 0.627. The fraction of sp³-hybridized carbons (Fsp3) is 0.364. The van der Waals surface area contributed by atoms with Crippen molar-refractivity contribution in [1.82, 2.24) is 15.2 Å². The largest absolute Gasteiger partial charge is 0.497 e. The lowest BCUT2D eigenvalue weighted by Crippen LogP contribution is -2.48. The number of thiazole rings is 1. The predicted molar refractivity (Wildman–Crippen MR) is 120 cm³/mol. The lowest BCUT2D eigenvalue weighted by Gasteiger charge is -2.34. The highest BCUT2D eigenvalue weighted by Gasteiger charge is 2.20. The number of amides is 1. The molecule has 0 aliphatic carbocycles. The number of aromatic nitrogens is 1. The highest BCUT2D eigenvalue weighted by Crippen LogP contribution is 2.29. The average molecular weight is 427 g/mol. The molecule has 7 nitrogen and oxygen atoms in total. The van der Waals surface area contributed by atoms with Gasteiger partial charge < -0.3 is 19.7 Å². The van der Waals surface area contributed by atoms with E-state index in [1.807, 2.05) is 6.07 Å². The molecule has 158 valence electrons. The Bertz CT molecular complexity index is 982. The first kappa shape index (κ1) is 20.4. The first-order valence-electron chi connectivity index (χ1n) is 10.0. The van der Waals surface area contributed by atoms with E-state index in [2.05, 4.69) is 33.3 Å². The molecule has 30 heavy (non-hydrogen) atoms. The molecule has 0 unspecified atom stereocenters. The van der Waals surface area contributed by atoms with Crippen molar-refractivity contribution in [3.8, 4) is 11.5 Å². The summed E-state index contributed by atoms with van der Waals surface area (Å²) in [5, 5.41) is 4.09. The van der Waals surface area contributed by atoms with Gasteiger partial charge in [-0.05, 0) is 24.3 Å². The van der Waals surface area contributed by atoms with Crippen LogP contribution < -0.4 is 19.7 Å². The van der Waals surface area contributed by atoms with E-state index >= 15 is 0 Å². The van der Waals surface area contributed by atoms with E-state index in [4.69, 9.17) is 14.5 Å². The minimum Gasteiger partial charge on any atom is -0.497 e. The molecule has 0 bridgehead atoms. The second kappa shape index (κ2) is 9.32. The van der Waals surface area contributed by atoms with Gasteiger partial charge in [0.25, 0.3) is 5.91 Å². The molecule has 1 aliphatic rings. The molecule has 2 heterocycles. The van der Waals surface area contributed by atoms with Crippen molar-refractivity contribution in [1.29, 1.82) is 0 Å². The topological polar surface area (TPSA) is 66.9 Å². The van der Waals surface area contributed by atoms with Crippen molar-refractivity contribution in [2.75, 3.05) is 58.4 Å². The number of hydrogen-bond acceptors (Lipinski definition) is 7. The molecule has 4 rings (SSSR count). The molecule has 1 fully saturated rings. The molecular formula is C22H26N4O3S. The first-order chi connectivity index (χ1) is 14.7. The number of anilines is 1. The maximum atomic E-state index is 12.5. The van der Waals surface area contributed by atoms with Gasteiger partial charge in [0.05, 0.1) is 30.0 Å². The van der Waals surface area contributed by atoms with E-state index in [0.29, 0.717) is 23.6 Å². The molecule has 8 heteroatoms. The van der Waals surface area contributed by atoms with Crippen molar-refractivity contribution in [3.63, 3.8) is 0 Å². The van der Waals surface area contributed by atoms with E-state index in [1.54, 1.807) is 43.8 Å². The third-order valence-electron chi connectivity index (χ3n) is 5.29. The Kier molecular flexibility index (Phi) is 6.35. The summed E-state index contributed by atoms with van der Waals surface area (Å²) in [5.41, 5.74) is 1.58. The van der Waals surface area contributed by atoms with E-state index < -0.39 is 0 Å². The third kappa shape index (κ3) is 4.49. The van der Waals surface area contributed by atoms with E-state index in [1.165, 1.54) is 4.70 Å². The summed E-state index contributed by atoms with van der Waals surface area (Å²) >= 11 is 1.75. The smallest absolute Gasteiger partial charge is 0.255 e. The zero-order chi connectivity index (χ0) is 20.9. The number of fused-ring (bicyclic) bond motifs is 1. The Morgan fingerprint density at radius 1 is 1.10 bits per heavy atom. The van der Waals surface area contributed by atoms with Crippen LogP contribution in [0.4, 0.5) is 5.13 Å². The van der Waals surface area contributed by atoms with E-state index in [0.717, 1.165) is 43.4 Å². The van der Waals surface area contributed by atoms with Crippen LogP contribution in [0.15, 0.2) is 42.5 Å². The number of hydrogen-bond donors (Lipinski definition) is 1. The molecule has 0 radical (unpaired) electrons. The molecule has 0 atom stereocenters. The lowest BCUT2D eigenvalue weighted by molar-refractivity contribution is 0.0944. The van der Waals surface area contributed by atoms with Crippen molar-refractivity contribution >= 4 is 32.6 Å². The van der Waals surface area contributed by atoms with Crippen LogP contribution >= 0.6 is 11.3 Å². The van der Waals surface area contributed by atoms with Gasteiger partial charge >= 0.3 is 0 Å². The van der Waals surface area contributed by atoms with Gasteiger partial charge in [-0.1, -0.05) is 23.5 Å². The third-order valence-corrected chi connectivity index (χ3v) is 6.39. The van der Waals surface area contributed by atoms with Crippen LogP contribution in [0.5, 0.6) is 11.5 Å². The van der Waals surface area contributed by atoms with Crippen molar-refractivity contribution in [3.05, 3.63) is 48.0 Å². The normalized spacial score (nSPS) is 14.7. The van der Waals surface area contributed by atoms with Gasteiger partial charge in [0.15, 0.2) is 5.13 Å². The molecule has 2 aromatic carbocycles. The minimum absolute atomic E-state index is 0.136. The number of ether oxygens (including phenoxy) is 2. The van der Waals surface area contributed by atoms with Crippen LogP contribution in [0, 0.1) is 0 Å². The number of piperazine rings is 1. The van der Waals surface area contributed by atoms with Crippen LogP contribution in [0.1, 0.15) is 10.4 Å². The van der Waals surface area contributed by atoms with Gasteiger partial charge in [0.2, 0.25) is 0 Å². The fourth-order valence-electron chi connectivity index (χ4n) is 3.57. The Hall–Kier alpha value is -2.84. The van der Waals surface area contributed by atoms with Gasteiger partial charge in [-0.2, -0.15) is 0 Å². The Balaban J connectivity index is 1.25. The van der Waals surface area contributed by atoms with Crippen LogP contribution in [-0.2, 0) is 0 Å². The van der Waals surface area contributed by atoms with Crippen LogP contribution in [0.3, 0.4) is 0 Å². The second-order valence-corrected chi connectivity index (χ2v) is 8.12. The molecule has 1 aromatic heterocycles. The SMILES string of the molecule is COc1ccc(C(=O)NCCN2CCN(c3nc4ccccc4s3)CC2)c(OC)c1. The highest BCUT2D eigenvalue weighted by molar-refractivity contribution is 7.22. The average Bonchev–Trinajstić information content (AvgIpc) is 3.23.